The molecule has 3 rings (SSSR count). The van der Waals surface area contributed by atoms with Gasteiger partial charge in [-0.2, -0.15) is 0 Å². The molecular formula is C25H26BrNO3. The van der Waals surface area contributed by atoms with Gasteiger partial charge in [0.2, 0.25) is 0 Å². The third-order valence-electron chi connectivity index (χ3n) is 4.54. The third-order valence-corrected chi connectivity index (χ3v) is 5.03. The average Bonchev–Trinajstić information content (AvgIpc) is 2.76. The standard InChI is InChI=1S/C25H26BrNO3/c1-2-3-15-29-22-11-7-10-21(18-22)27-25(28)23-17-20(26)12-13-24(23)30-16-14-19-8-5-4-6-9-19/h4-13,17-18H,2-3,14-16H2,1H3,(H,27,28). The number of anilines is 1. The van der Waals surface area contributed by atoms with E-state index in [-0.39, 0.29) is 5.91 Å². The van der Waals surface area contributed by atoms with E-state index < -0.39 is 0 Å². The number of ether oxygens (including phenoxy) is 2. The molecule has 0 aliphatic carbocycles. The Morgan fingerprint density at radius 1 is 0.933 bits per heavy atom. The zero-order valence-corrected chi connectivity index (χ0v) is 18.7. The highest BCUT2D eigenvalue weighted by molar-refractivity contribution is 9.10. The van der Waals surface area contributed by atoms with E-state index in [2.05, 4.69) is 40.3 Å². The van der Waals surface area contributed by atoms with Crippen LogP contribution in [0.15, 0.2) is 77.3 Å². The van der Waals surface area contributed by atoms with Gasteiger partial charge in [0.1, 0.15) is 11.5 Å². The molecule has 0 bridgehead atoms. The van der Waals surface area contributed by atoms with Crippen molar-refractivity contribution >= 4 is 27.5 Å². The first kappa shape index (κ1) is 21.9. The van der Waals surface area contributed by atoms with Crippen molar-refractivity contribution < 1.29 is 14.3 Å². The number of hydrogen-bond acceptors (Lipinski definition) is 3. The van der Waals surface area contributed by atoms with E-state index in [1.807, 2.05) is 54.6 Å². The van der Waals surface area contributed by atoms with Crippen molar-refractivity contribution in [3.05, 3.63) is 88.4 Å². The van der Waals surface area contributed by atoms with Gasteiger partial charge in [-0.1, -0.05) is 65.7 Å². The molecule has 0 fully saturated rings. The maximum absolute atomic E-state index is 12.9. The second-order valence-electron chi connectivity index (χ2n) is 6.91. The van der Waals surface area contributed by atoms with Crippen molar-refractivity contribution in [2.24, 2.45) is 0 Å². The van der Waals surface area contributed by atoms with Crippen molar-refractivity contribution in [3.63, 3.8) is 0 Å². The molecule has 1 amide bonds. The molecule has 0 unspecified atom stereocenters. The third kappa shape index (κ3) is 6.63. The Labute approximate surface area is 186 Å². The van der Waals surface area contributed by atoms with Gasteiger partial charge >= 0.3 is 0 Å². The largest absolute Gasteiger partial charge is 0.494 e. The Morgan fingerprint density at radius 2 is 1.77 bits per heavy atom. The van der Waals surface area contributed by atoms with Gasteiger partial charge in [-0.15, -0.1) is 0 Å². The summed E-state index contributed by atoms with van der Waals surface area (Å²) < 4.78 is 12.5. The van der Waals surface area contributed by atoms with Crippen molar-refractivity contribution in [2.75, 3.05) is 18.5 Å². The molecule has 5 heteroatoms. The lowest BCUT2D eigenvalue weighted by molar-refractivity contribution is 0.102. The van der Waals surface area contributed by atoms with Gasteiger partial charge in [-0.3, -0.25) is 4.79 Å². The quantitative estimate of drug-likeness (QED) is 0.346. The Morgan fingerprint density at radius 3 is 2.57 bits per heavy atom. The molecule has 0 aliphatic rings. The number of hydrogen-bond donors (Lipinski definition) is 1. The average molecular weight is 468 g/mol. The van der Waals surface area contributed by atoms with Crippen LogP contribution in [0.2, 0.25) is 0 Å². The maximum Gasteiger partial charge on any atom is 0.259 e. The lowest BCUT2D eigenvalue weighted by Gasteiger charge is -2.13. The molecule has 0 aliphatic heterocycles. The minimum absolute atomic E-state index is 0.225. The van der Waals surface area contributed by atoms with Crippen molar-refractivity contribution in [3.8, 4) is 11.5 Å². The summed E-state index contributed by atoms with van der Waals surface area (Å²) in [5.74, 6) is 1.08. The Kier molecular flexibility index (Phi) is 8.33. The zero-order chi connectivity index (χ0) is 21.2. The molecule has 3 aromatic rings. The molecule has 0 heterocycles. The van der Waals surface area contributed by atoms with Crippen molar-refractivity contribution in [1.29, 1.82) is 0 Å². The minimum atomic E-state index is -0.225. The lowest BCUT2D eigenvalue weighted by atomic mass is 10.1. The van der Waals surface area contributed by atoms with Crippen LogP contribution in [0.5, 0.6) is 11.5 Å². The summed E-state index contributed by atoms with van der Waals surface area (Å²) in [5, 5.41) is 2.94. The molecule has 4 nitrogen and oxygen atoms in total. The first-order valence-corrected chi connectivity index (χ1v) is 11.0. The fraction of sp³-hybridized carbons (Fsp3) is 0.240. The number of unbranched alkanes of at least 4 members (excludes halogenated alkanes) is 1. The van der Waals surface area contributed by atoms with Crippen LogP contribution in [-0.2, 0) is 6.42 Å². The van der Waals surface area contributed by atoms with E-state index in [9.17, 15) is 4.79 Å². The topological polar surface area (TPSA) is 47.6 Å². The number of nitrogens with one attached hydrogen (secondary N) is 1. The second kappa shape index (κ2) is 11.4. The molecule has 0 aromatic heterocycles. The summed E-state index contributed by atoms with van der Waals surface area (Å²) in [5.41, 5.74) is 2.36. The lowest BCUT2D eigenvalue weighted by Crippen LogP contribution is -2.14. The molecule has 0 atom stereocenters. The number of carbonyl (C=O) groups excluding carboxylic acids is 1. The van der Waals surface area contributed by atoms with Crippen LogP contribution < -0.4 is 14.8 Å². The van der Waals surface area contributed by atoms with E-state index in [1.165, 1.54) is 5.56 Å². The van der Waals surface area contributed by atoms with Gasteiger partial charge in [-0.05, 0) is 42.3 Å². The first-order chi connectivity index (χ1) is 14.7. The van der Waals surface area contributed by atoms with Crippen molar-refractivity contribution in [1.82, 2.24) is 0 Å². The van der Waals surface area contributed by atoms with E-state index in [0.29, 0.717) is 30.2 Å². The highest BCUT2D eigenvalue weighted by atomic mass is 79.9. The van der Waals surface area contributed by atoms with Gasteiger partial charge in [0.05, 0.1) is 18.8 Å². The van der Waals surface area contributed by atoms with Gasteiger partial charge in [0.15, 0.2) is 0 Å². The van der Waals surface area contributed by atoms with Gasteiger partial charge < -0.3 is 14.8 Å². The summed E-state index contributed by atoms with van der Waals surface area (Å²) in [6.07, 6.45) is 2.85. The number of benzene rings is 3. The van der Waals surface area contributed by atoms with E-state index in [0.717, 1.165) is 29.5 Å². The molecule has 0 radical (unpaired) electrons. The molecular weight excluding hydrogens is 442 g/mol. The summed E-state index contributed by atoms with van der Waals surface area (Å²) in [6.45, 7) is 3.28. The molecule has 156 valence electrons. The smallest absolute Gasteiger partial charge is 0.259 e. The fourth-order valence-electron chi connectivity index (χ4n) is 2.93. The van der Waals surface area contributed by atoms with Crippen LogP contribution in [0.4, 0.5) is 5.69 Å². The Balaban J connectivity index is 1.66. The summed E-state index contributed by atoms with van der Waals surface area (Å²) in [4.78, 5) is 12.9. The number of halogens is 1. The monoisotopic (exact) mass is 467 g/mol. The molecule has 0 spiro atoms. The van der Waals surface area contributed by atoms with Crippen LogP contribution in [0, 0.1) is 0 Å². The zero-order valence-electron chi connectivity index (χ0n) is 17.1. The van der Waals surface area contributed by atoms with E-state index >= 15 is 0 Å². The predicted molar refractivity (Wildman–Crippen MR) is 125 cm³/mol. The fourth-order valence-corrected chi connectivity index (χ4v) is 3.29. The molecule has 30 heavy (non-hydrogen) atoms. The molecule has 1 N–H and O–H groups in total. The number of amides is 1. The van der Waals surface area contributed by atoms with Crippen LogP contribution in [0.1, 0.15) is 35.7 Å². The molecule has 0 saturated heterocycles. The summed E-state index contributed by atoms with van der Waals surface area (Å²) >= 11 is 3.45. The predicted octanol–water partition coefficient (Wildman–Crippen LogP) is 6.50. The van der Waals surface area contributed by atoms with E-state index in [1.54, 1.807) is 6.07 Å². The van der Waals surface area contributed by atoms with Crippen molar-refractivity contribution in [2.45, 2.75) is 26.2 Å². The second-order valence-corrected chi connectivity index (χ2v) is 7.82. The van der Waals surface area contributed by atoms with Gasteiger partial charge in [0, 0.05) is 22.6 Å². The molecule has 3 aromatic carbocycles. The number of rotatable bonds is 10. The Bertz CT molecular complexity index is 960. The molecule has 0 saturated carbocycles. The highest BCUT2D eigenvalue weighted by Crippen LogP contribution is 2.25. The van der Waals surface area contributed by atoms with Gasteiger partial charge in [0.25, 0.3) is 5.91 Å². The van der Waals surface area contributed by atoms with Crippen LogP contribution >= 0.6 is 15.9 Å². The van der Waals surface area contributed by atoms with Gasteiger partial charge in [-0.25, -0.2) is 0 Å². The highest BCUT2D eigenvalue weighted by Gasteiger charge is 2.14. The van der Waals surface area contributed by atoms with E-state index in [4.69, 9.17) is 9.47 Å². The number of carbonyl (C=O) groups is 1. The normalized spacial score (nSPS) is 10.5. The first-order valence-electron chi connectivity index (χ1n) is 10.2. The van der Waals surface area contributed by atoms with Crippen LogP contribution in [0.3, 0.4) is 0 Å². The summed E-state index contributed by atoms with van der Waals surface area (Å²) in [7, 11) is 0. The minimum Gasteiger partial charge on any atom is -0.494 e. The Hall–Kier alpha value is -2.79. The maximum atomic E-state index is 12.9. The van der Waals surface area contributed by atoms with Crippen LogP contribution in [-0.4, -0.2) is 19.1 Å². The van der Waals surface area contributed by atoms with Crippen LogP contribution in [0.25, 0.3) is 0 Å². The summed E-state index contributed by atoms with van der Waals surface area (Å²) in [6, 6.07) is 23.0. The SMILES string of the molecule is CCCCOc1cccc(NC(=O)c2cc(Br)ccc2OCCc2ccccc2)c1.